The van der Waals surface area contributed by atoms with E-state index in [1.54, 1.807) is 6.33 Å². The molecule has 1 N–H and O–H groups in total. The highest BCUT2D eigenvalue weighted by atomic mass is 15.3. The van der Waals surface area contributed by atoms with E-state index in [4.69, 9.17) is 0 Å². The summed E-state index contributed by atoms with van der Waals surface area (Å²) < 4.78 is 4.20. The number of hydrogen-bond donors (Lipinski definition) is 1. The third-order valence-corrected chi connectivity index (χ3v) is 3.59. The van der Waals surface area contributed by atoms with Crippen LogP contribution in [0.4, 0.5) is 0 Å². The van der Waals surface area contributed by atoms with Crippen LogP contribution in [0.2, 0.25) is 0 Å². The molecule has 0 fully saturated rings. The van der Waals surface area contributed by atoms with Crippen molar-refractivity contribution in [3.05, 3.63) is 36.2 Å². The van der Waals surface area contributed by atoms with Gasteiger partial charge in [-0.1, -0.05) is 27.7 Å². The van der Waals surface area contributed by atoms with Gasteiger partial charge in [0.25, 0.3) is 0 Å². The summed E-state index contributed by atoms with van der Waals surface area (Å²) >= 11 is 0. The van der Waals surface area contributed by atoms with Gasteiger partial charge in [0.2, 0.25) is 0 Å². The molecule has 116 valence electrons. The Bertz CT molecular complexity index is 540. The molecule has 0 aromatic carbocycles. The van der Waals surface area contributed by atoms with E-state index < -0.39 is 0 Å². The van der Waals surface area contributed by atoms with Crippen molar-refractivity contribution in [2.45, 2.75) is 53.2 Å². The Kier molecular flexibility index (Phi) is 5.56. The molecule has 1 unspecified atom stereocenters. The highest BCUT2D eigenvalue weighted by Gasteiger charge is 2.11. The first-order chi connectivity index (χ1) is 10.1. The van der Waals surface area contributed by atoms with Gasteiger partial charge in [0.15, 0.2) is 0 Å². The van der Waals surface area contributed by atoms with Crippen molar-refractivity contribution in [3.63, 3.8) is 0 Å². The fraction of sp³-hybridized carbons (Fsp3) is 0.625. The lowest BCUT2D eigenvalue weighted by Gasteiger charge is -2.14. The lowest BCUT2D eigenvalue weighted by Crippen LogP contribution is -2.19. The standard InChI is InChI=1S/C16H27N5/c1-5-15(17-6-2)14-7-8-20(10-14)11-16-18-12-19-21(16)9-13(3)4/h7-8,10,12-13,15,17H,5-6,9,11H2,1-4H3. The quantitative estimate of drug-likeness (QED) is 0.813. The second-order valence-corrected chi connectivity index (χ2v) is 5.89. The molecule has 5 heteroatoms. The summed E-state index contributed by atoms with van der Waals surface area (Å²) in [5, 5.41) is 7.83. The van der Waals surface area contributed by atoms with E-state index in [9.17, 15) is 0 Å². The Labute approximate surface area is 127 Å². The van der Waals surface area contributed by atoms with Gasteiger partial charge in [0, 0.05) is 25.0 Å². The Balaban J connectivity index is 2.07. The predicted molar refractivity (Wildman–Crippen MR) is 85.1 cm³/mol. The molecule has 0 aliphatic rings. The van der Waals surface area contributed by atoms with Crippen LogP contribution in [0.25, 0.3) is 0 Å². The molecule has 0 amide bonds. The van der Waals surface area contributed by atoms with Gasteiger partial charge in [-0.2, -0.15) is 5.10 Å². The van der Waals surface area contributed by atoms with Crippen LogP contribution in [0, 0.1) is 5.92 Å². The SMILES string of the molecule is CCNC(CC)c1ccn(Cc2ncnn2CC(C)C)c1. The normalized spacial score (nSPS) is 13.0. The van der Waals surface area contributed by atoms with Gasteiger partial charge in [0.1, 0.15) is 12.2 Å². The van der Waals surface area contributed by atoms with Crippen LogP contribution >= 0.6 is 0 Å². The zero-order chi connectivity index (χ0) is 15.2. The summed E-state index contributed by atoms with van der Waals surface area (Å²) in [4.78, 5) is 4.39. The van der Waals surface area contributed by atoms with Crippen molar-refractivity contribution in [3.8, 4) is 0 Å². The summed E-state index contributed by atoms with van der Waals surface area (Å²) in [5.74, 6) is 1.59. The zero-order valence-corrected chi connectivity index (χ0v) is 13.6. The van der Waals surface area contributed by atoms with Crippen LogP contribution in [0.15, 0.2) is 24.8 Å². The van der Waals surface area contributed by atoms with Crippen molar-refractivity contribution >= 4 is 0 Å². The van der Waals surface area contributed by atoms with Crippen LogP contribution in [0.1, 0.15) is 51.5 Å². The number of hydrogen-bond acceptors (Lipinski definition) is 3. The topological polar surface area (TPSA) is 47.7 Å². The molecule has 0 spiro atoms. The molecular weight excluding hydrogens is 262 g/mol. The maximum absolute atomic E-state index is 4.39. The summed E-state index contributed by atoms with van der Waals surface area (Å²) in [5.41, 5.74) is 1.34. The average molecular weight is 289 g/mol. The number of nitrogens with one attached hydrogen (secondary N) is 1. The molecule has 0 saturated carbocycles. The second-order valence-electron chi connectivity index (χ2n) is 5.89. The molecule has 2 heterocycles. The van der Waals surface area contributed by atoms with Crippen LogP contribution in [-0.2, 0) is 13.1 Å². The predicted octanol–water partition coefficient (Wildman–Crippen LogP) is 2.84. The monoisotopic (exact) mass is 289 g/mol. The third kappa shape index (κ3) is 4.17. The largest absolute Gasteiger partial charge is 0.346 e. The Morgan fingerprint density at radius 3 is 2.76 bits per heavy atom. The van der Waals surface area contributed by atoms with E-state index in [2.05, 4.69) is 66.1 Å². The zero-order valence-electron chi connectivity index (χ0n) is 13.6. The summed E-state index contributed by atoms with van der Waals surface area (Å²) in [6.45, 7) is 11.4. The van der Waals surface area contributed by atoms with Crippen LogP contribution in [0.5, 0.6) is 0 Å². The summed E-state index contributed by atoms with van der Waals surface area (Å²) in [6.07, 6.45) is 7.09. The van der Waals surface area contributed by atoms with Crippen molar-refractivity contribution < 1.29 is 0 Å². The minimum atomic E-state index is 0.435. The molecule has 0 aliphatic carbocycles. The van der Waals surface area contributed by atoms with Crippen molar-refractivity contribution in [1.82, 2.24) is 24.6 Å². The van der Waals surface area contributed by atoms with E-state index in [1.165, 1.54) is 5.56 Å². The van der Waals surface area contributed by atoms with Gasteiger partial charge in [-0.15, -0.1) is 0 Å². The summed E-state index contributed by atoms with van der Waals surface area (Å²) in [6, 6.07) is 2.63. The highest BCUT2D eigenvalue weighted by molar-refractivity contribution is 5.16. The van der Waals surface area contributed by atoms with Crippen molar-refractivity contribution in [2.75, 3.05) is 6.54 Å². The van der Waals surface area contributed by atoms with Gasteiger partial charge < -0.3 is 9.88 Å². The number of nitrogens with zero attached hydrogens (tertiary/aromatic N) is 4. The fourth-order valence-corrected chi connectivity index (χ4v) is 2.58. The summed E-state index contributed by atoms with van der Waals surface area (Å²) in [7, 11) is 0. The highest BCUT2D eigenvalue weighted by Crippen LogP contribution is 2.17. The minimum absolute atomic E-state index is 0.435. The number of aromatic nitrogens is 4. The molecule has 0 aliphatic heterocycles. The van der Waals surface area contributed by atoms with Gasteiger partial charge in [-0.25, -0.2) is 9.67 Å². The third-order valence-electron chi connectivity index (χ3n) is 3.59. The van der Waals surface area contributed by atoms with E-state index >= 15 is 0 Å². The molecule has 2 aromatic heterocycles. The van der Waals surface area contributed by atoms with Gasteiger partial charge in [0.05, 0.1) is 6.54 Å². The Morgan fingerprint density at radius 1 is 1.29 bits per heavy atom. The maximum Gasteiger partial charge on any atom is 0.146 e. The molecule has 2 aromatic rings. The van der Waals surface area contributed by atoms with E-state index in [1.807, 2.05) is 4.68 Å². The molecule has 21 heavy (non-hydrogen) atoms. The first kappa shape index (κ1) is 15.8. The van der Waals surface area contributed by atoms with E-state index in [0.29, 0.717) is 12.0 Å². The van der Waals surface area contributed by atoms with Crippen LogP contribution < -0.4 is 5.32 Å². The lowest BCUT2D eigenvalue weighted by atomic mass is 10.1. The van der Waals surface area contributed by atoms with Gasteiger partial charge in [-0.05, 0) is 30.5 Å². The number of rotatable bonds is 8. The Hall–Kier alpha value is -1.62. The Morgan fingerprint density at radius 2 is 2.10 bits per heavy atom. The first-order valence-corrected chi connectivity index (χ1v) is 7.89. The smallest absolute Gasteiger partial charge is 0.146 e. The van der Waals surface area contributed by atoms with Gasteiger partial charge in [-0.3, -0.25) is 0 Å². The van der Waals surface area contributed by atoms with Crippen molar-refractivity contribution in [2.24, 2.45) is 5.92 Å². The molecule has 0 bridgehead atoms. The van der Waals surface area contributed by atoms with Crippen LogP contribution in [-0.4, -0.2) is 25.9 Å². The molecule has 2 rings (SSSR count). The maximum atomic E-state index is 4.39. The first-order valence-electron chi connectivity index (χ1n) is 7.89. The minimum Gasteiger partial charge on any atom is -0.346 e. The van der Waals surface area contributed by atoms with Crippen molar-refractivity contribution in [1.29, 1.82) is 0 Å². The van der Waals surface area contributed by atoms with E-state index in [0.717, 1.165) is 31.9 Å². The van der Waals surface area contributed by atoms with Crippen LogP contribution in [0.3, 0.4) is 0 Å². The van der Waals surface area contributed by atoms with E-state index in [-0.39, 0.29) is 0 Å². The second kappa shape index (κ2) is 7.41. The average Bonchev–Trinajstić information content (AvgIpc) is 3.06. The molecular formula is C16H27N5. The molecule has 0 saturated heterocycles. The fourth-order valence-electron chi connectivity index (χ4n) is 2.58. The molecule has 1 atom stereocenters. The molecule has 0 radical (unpaired) electrons. The lowest BCUT2D eigenvalue weighted by molar-refractivity contribution is 0.460. The van der Waals surface area contributed by atoms with Gasteiger partial charge >= 0.3 is 0 Å². The molecule has 5 nitrogen and oxygen atoms in total.